The highest BCUT2D eigenvalue weighted by atomic mass is 35.5. The Bertz CT molecular complexity index is 1410. The maximum atomic E-state index is 13.5. The molecule has 1 unspecified atom stereocenters. The van der Waals surface area contributed by atoms with E-state index in [1.54, 1.807) is 30.3 Å². The Morgan fingerprint density at radius 2 is 1.59 bits per heavy atom. The van der Waals surface area contributed by atoms with Crippen LogP contribution >= 0.6 is 11.6 Å². The molecule has 9 heteroatoms. The van der Waals surface area contributed by atoms with Crippen LogP contribution in [0.2, 0.25) is 5.02 Å². The Hall–Kier alpha value is -4.01. The topological polar surface area (TPSA) is 93.5 Å². The van der Waals surface area contributed by atoms with Gasteiger partial charge in [-0.1, -0.05) is 23.7 Å². The normalized spacial score (nSPS) is 19.5. The van der Waals surface area contributed by atoms with Crippen molar-refractivity contribution in [2.75, 3.05) is 49.6 Å². The molecule has 8 nitrogen and oxygen atoms in total. The van der Waals surface area contributed by atoms with Gasteiger partial charge in [0.15, 0.2) is 0 Å². The van der Waals surface area contributed by atoms with Crippen LogP contribution in [0.15, 0.2) is 72.3 Å². The lowest BCUT2D eigenvalue weighted by atomic mass is 9.95. The third kappa shape index (κ3) is 5.17. The first-order valence-electron chi connectivity index (χ1n) is 12.8. The number of amides is 1. The van der Waals surface area contributed by atoms with Gasteiger partial charge in [-0.2, -0.15) is 0 Å². The number of anilines is 2. The van der Waals surface area contributed by atoms with Crippen molar-refractivity contribution in [1.82, 2.24) is 4.90 Å². The average molecular weight is 548 g/mol. The van der Waals surface area contributed by atoms with E-state index in [-0.39, 0.29) is 21.9 Å². The number of phenols is 1. The first-order valence-corrected chi connectivity index (χ1v) is 13.2. The van der Waals surface area contributed by atoms with Gasteiger partial charge in [-0.25, -0.2) is 0 Å². The second-order valence-electron chi connectivity index (χ2n) is 9.64. The van der Waals surface area contributed by atoms with Crippen molar-refractivity contribution in [3.05, 3.63) is 88.5 Å². The standard InChI is InChI=1S/C30H30ClN3O5/c1-3-39-23-12-13-25(31)24(18-23)28(36)26-27(19-4-10-22(35)11-5-19)34(30(38)29(26)37)21-8-6-20(7-9-21)33-16-14-32(2)15-17-33/h4-13,18,27,35-36H,3,14-17H2,1-2H3/b28-26+. The van der Waals surface area contributed by atoms with Crippen molar-refractivity contribution in [3.63, 3.8) is 0 Å². The van der Waals surface area contributed by atoms with Gasteiger partial charge in [-0.15, -0.1) is 0 Å². The minimum atomic E-state index is -0.938. The van der Waals surface area contributed by atoms with Crippen LogP contribution in [0, 0.1) is 0 Å². The van der Waals surface area contributed by atoms with Gasteiger partial charge in [0.25, 0.3) is 11.7 Å². The van der Waals surface area contributed by atoms with E-state index in [1.807, 2.05) is 31.2 Å². The number of rotatable bonds is 6. The molecule has 2 N–H and O–H groups in total. The Labute approximate surface area is 232 Å². The van der Waals surface area contributed by atoms with E-state index in [9.17, 15) is 19.8 Å². The molecule has 0 spiro atoms. The highest BCUT2D eigenvalue weighted by molar-refractivity contribution is 6.52. The molecule has 0 saturated carbocycles. The molecule has 0 aliphatic carbocycles. The summed E-state index contributed by atoms with van der Waals surface area (Å²) in [4.78, 5) is 32.9. The van der Waals surface area contributed by atoms with E-state index in [4.69, 9.17) is 16.3 Å². The van der Waals surface area contributed by atoms with Crippen LogP contribution in [0.25, 0.3) is 5.76 Å². The third-order valence-electron chi connectivity index (χ3n) is 7.15. The molecule has 2 fully saturated rings. The number of aromatic hydroxyl groups is 1. The molecule has 0 radical (unpaired) electrons. The predicted octanol–water partition coefficient (Wildman–Crippen LogP) is 4.82. The quantitative estimate of drug-likeness (QED) is 0.259. The van der Waals surface area contributed by atoms with E-state index in [1.165, 1.54) is 17.0 Å². The van der Waals surface area contributed by atoms with E-state index in [0.29, 0.717) is 23.6 Å². The zero-order valence-corrected chi connectivity index (χ0v) is 22.6. The molecule has 1 atom stereocenters. The van der Waals surface area contributed by atoms with Gasteiger partial charge in [0.1, 0.15) is 17.3 Å². The third-order valence-corrected chi connectivity index (χ3v) is 7.48. The van der Waals surface area contributed by atoms with Crippen molar-refractivity contribution in [2.45, 2.75) is 13.0 Å². The first-order chi connectivity index (χ1) is 18.8. The zero-order chi connectivity index (χ0) is 27.7. The summed E-state index contributed by atoms with van der Waals surface area (Å²) in [6.45, 7) is 5.96. The number of likely N-dealkylation sites (N-methyl/N-ethyl adjacent to an activating group) is 1. The van der Waals surface area contributed by atoms with Gasteiger partial charge in [-0.3, -0.25) is 14.5 Å². The Balaban J connectivity index is 1.60. The molecule has 5 rings (SSSR count). The summed E-state index contributed by atoms with van der Waals surface area (Å²) in [6, 6.07) is 17.6. The SMILES string of the molecule is CCOc1ccc(Cl)c(/C(O)=C2\C(=O)C(=O)N(c3ccc(N4CCN(C)CC4)cc3)C2c2ccc(O)cc2)c1. The van der Waals surface area contributed by atoms with Crippen molar-refractivity contribution in [3.8, 4) is 11.5 Å². The van der Waals surface area contributed by atoms with Gasteiger partial charge < -0.3 is 24.7 Å². The lowest BCUT2D eigenvalue weighted by Crippen LogP contribution is -2.44. The molecule has 0 aromatic heterocycles. The van der Waals surface area contributed by atoms with E-state index >= 15 is 0 Å². The number of piperazine rings is 1. The summed E-state index contributed by atoms with van der Waals surface area (Å²) in [5.41, 5.74) is 2.19. The second kappa shape index (κ2) is 11.0. The number of benzene rings is 3. The minimum absolute atomic E-state index is 0.0414. The monoisotopic (exact) mass is 547 g/mol. The fraction of sp³-hybridized carbons (Fsp3) is 0.267. The molecule has 0 bridgehead atoms. The number of aliphatic hydroxyl groups excluding tert-OH is 1. The highest BCUT2D eigenvalue weighted by Crippen LogP contribution is 2.44. The number of hydrogen-bond acceptors (Lipinski definition) is 7. The number of hydrogen-bond donors (Lipinski definition) is 2. The van der Waals surface area contributed by atoms with Crippen LogP contribution in [-0.4, -0.2) is 66.6 Å². The molecule has 2 saturated heterocycles. The fourth-order valence-corrected chi connectivity index (χ4v) is 5.25. The molecular formula is C30H30ClN3O5. The first kappa shape index (κ1) is 26.6. The van der Waals surface area contributed by atoms with Crippen LogP contribution in [-0.2, 0) is 9.59 Å². The zero-order valence-electron chi connectivity index (χ0n) is 21.8. The maximum Gasteiger partial charge on any atom is 0.300 e. The predicted molar refractivity (Wildman–Crippen MR) is 152 cm³/mol. The smallest absolute Gasteiger partial charge is 0.300 e. The van der Waals surface area contributed by atoms with Crippen LogP contribution in [0.1, 0.15) is 24.1 Å². The summed E-state index contributed by atoms with van der Waals surface area (Å²) in [5, 5.41) is 21.5. The molecule has 3 aromatic rings. The lowest BCUT2D eigenvalue weighted by Gasteiger charge is -2.34. The summed E-state index contributed by atoms with van der Waals surface area (Å²) in [7, 11) is 2.10. The number of carbonyl (C=O) groups is 2. The maximum absolute atomic E-state index is 13.5. The van der Waals surface area contributed by atoms with Gasteiger partial charge in [-0.05, 0) is 74.1 Å². The molecule has 2 aliphatic rings. The number of aliphatic hydroxyl groups is 1. The van der Waals surface area contributed by atoms with E-state index in [2.05, 4.69) is 16.8 Å². The summed E-state index contributed by atoms with van der Waals surface area (Å²) < 4.78 is 5.56. The Kier molecular flexibility index (Phi) is 7.50. The molecule has 1 amide bonds. The Morgan fingerprint density at radius 1 is 0.949 bits per heavy atom. The average Bonchev–Trinajstić information content (AvgIpc) is 3.20. The summed E-state index contributed by atoms with van der Waals surface area (Å²) >= 11 is 6.42. The van der Waals surface area contributed by atoms with Crippen molar-refractivity contribution in [1.29, 1.82) is 0 Å². The number of Topliss-reactive ketones (excluding diaryl/α,β-unsaturated/α-hetero) is 1. The second-order valence-corrected chi connectivity index (χ2v) is 10.0. The molecule has 39 heavy (non-hydrogen) atoms. The minimum Gasteiger partial charge on any atom is -0.508 e. The van der Waals surface area contributed by atoms with E-state index in [0.717, 1.165) is 31.9 Å². The van der Waals surface area contributed by atoms with Crippen molar-refractivity contribution < 1.29 is 24.5 Å². The van der Waals surface area contributed by atoms with Crippen LogP contribution in [0.4, 0.5) is 11.4 Å². The van der Waals surface area contributed by atoms with E-state index < -0.39 is 23.5 Å². The number of nitrogens with zero attached hydrogens (tertiary/aromatic N) is 3. The lowest BCUT2D eigenvalue weighted by molar-refractivity contribution is -0.132. The highest BCUT2D eigenvalue weighted by Gasteiger charge is 2.47. The molecule has 2 heterocycles. The Morgan fingerprint density at radius 3 is 2.23 bits per heavy atom. The number of ketones is 1. The number of carbonyl (C=O) groups excluding carboxylic acids is 2. The van der Waals surface area contributed by atoms with Crippen molar-refractivity contribution in [2.24, 2.45) is 0 Å². The number of ether oxygens (including phenoxy) is 1. The molecule has 3 aromatic carbocycles. The summed E-state index contributed by atoms with van der Waals surface area (Å²) in [6.07, 6.45) is 0. The molecule has 2 aliphatic heterocycles. The largest absolute Gasteiger partial charge is 0.508 e. The van der Waals surface area contributed by atoms with Gasteiger partial charge in [0.05, 0.1) is 23.2 Å². The van der Waals surface area contributed by atoms with Crippen LogP contribution in [0.5, 0.6) is 11.5 Å². The van der Waals surface area contributed by atoms with Gasteiger partial charge in [0.2, 0.25) is 0 Å². The molecule has 202 valence electrons. The van der Waals surface area contributed by atoms with Crippen molar-refractivity contribution >= 4 is 40.4 Å². The van der Waals surface area contributed by atoms with Crippen LogP contribution < -0.4 is 14.5 Å². The van der Waals surface area contributed by atoms with Gasteiger partial charge >= 0.3 is 0 Å². The van der Waals surface area contributed by atoms with Crippen LogP contribution in [0.3, 0.4) is 0 Å². The number of halogens is 1. The van der Waals surface area contributed by atoms with Gasteiger partial charge in [0, 0.05) is 43.1 Å². The molecular weight excluding hydrogens is 518 g/mol. The number of phenolic OH excluding ortho intramolecular Hbond substituents is 1. The fourth-order valence-electron chi connectivity index (χ4n) is 5.05. The summed E-state index contributed by atoms with van der Waals surface area (Å²) in [5.74, 6) is -1.47.